The van der Waals surface area contributed by atoms with E-state index in [4.69, 9.17) is 0 Å². The maximum Gasteiger partial charge on any atom is 0.233 e. The van der Waals surface area contributed by atoms with Gasteiger partial charge < -0.3 is 10.3 Å². The normalized spacial score (nSPS) is 16.1. The number of nitrogens with zero attached hydrogens (tertiary/aromatic N) is 2. The van der Waals surface area contributed by atoms with Crippen molar-refractivity contribution in [3.8, 4) is 0 Å². The second-order valence-electron chi connectivity index (χ2n) is 6.64. The summed E-state index contributed by atoms with van der Waals surface area (Å²) >= 11 is 0. The van der Waals surface area contributed by atoms with Gasteiger partial charge in [0.2, 0.25) is 12.3 Å². The predicted molar refractivity (Wildman–Crippen MR) is 89.2 cm³/mol. The number of rotatable bonds is 9. The van der Waals surface area contributed by atoms with Crippen molar-refractivity contribution in [1.82, 2.24) is 20.3 Å². The van der Waals surface area contributed by atoms with E-state index < -0.39 is 5.92 Å². The van der Waals surface area contributed by atoms with Gasteiger partial charge in [0.1, 0.15) is 5.82 Å². The molecule has 1 aliphatic rings. The first kappa shape index (κ1) is 18.4. The smallest absolute Gasteiger partial charge is 0.233 e. The molecule has 1 fully saturated rings. The van der Waals surface area contributed by atoms with Crippen LogP contribution in [-0.2, 0) is 22.6 Å². The molecule has 0 radical (unpaired) electrons. The lowest BCUT2D eigenvalue weighted by Crippen LogP contribution is -2.38. The van der Waals surface area contributed by atoms with E-state index in [9.17, 15) is 14.8 Å². The SMILES string of the molecule is CCc1nc(CNC(=O)[C@H](CC2CCCC2)CN(O)C=O)[nH]c1C. The second kappa shape index (κ2) is 8.82. The van der Waals surface area contributed by atoms with Gasteiger partial charge in [-0.2, -0.15) is 0 Å². The summed E-state index contributed by atoms with van der Waals surface area (Å²) < 4.78 is 0. The van der Waals surface area contributed by atoms with Crippen LogP contribution in [0.5, 0.6) is 0 Å². The van der Waals surface area contributed by atoms with Crippen LogP contribution in [0.2, 0.25) is 0 Å². The summed E-state index contributed by atoms with van der Waals surface area (Å²) in [5, 5.41) is 12.9. The summed E-state index contributed by atoms with van der Waals surface area (Å²) in [6.45, 7) is 4.36. The summed E-state index contributed by atoms with van der Waals surface area (Å²) in [6.07, 6.45) is 6.52. The van der Waals surface area contributed by atoms with Gasteiger partial charge in [0.05, 0.1) is 24.7 Å². The molecule has 1 aromatic heterocycles. The van der Waals surface area contributed by atoms with Crippen molar-refractivity contribution in [3.05, 3.63) is 17.2 Å². The van der Waals surface area contributed by atoms with Gasteiger partial charge in [0.25, 0.3) is 0 Å². The third-order valence-electron chi connectivity index (χ3n) is 4.79. The van der Waals surface area contributed by atoms with E-state index in [0.717, 1.165) is 36.5 Å². The minimum atomic E-state index is -0.398. The Morgan fingerprint density at radius 3 is 2.79 bits per heavy atom. The Balaban J connectivity index is 1.93. The van der Waals surface area contributed by atoms with E-state index in [1.165, 1.54) is 12.8 Å². The number of hydroxylamine groups is 2. The van der Waals surface area contributed by atoms with E-state index >= 15 is 0 Å². The lowest BCUT2D eigenvalue weighted by Gasteiger charge is -2.22. The molecule has 0 unspecified atom stereocenters. The molecular formula is C17H28N4O3. The maximum atomic E-state index is 12.5. The van der Waals surface area contributed by atoms with E-state index in [-0.39, 0.29) is 12.5 Å². The number of hydrogen-bond acceptors (Lipinski definition) is 4. The van der Waals surface area contributed by atoms with Crippen molar-refractivity contribution >= 4 is 12.3 Å². The minimum Gasteiger partial charge on any atom is -0.349 e. The Labute approximate surface area is 142 Å². The summed E-state index contributed by atoms with van der Waals surface area (Å²) in [4.78, 5) is 30.8. The molecule has 7 heteroatoms. The van der Waals surface area contributed by atoms with Crippen LogP contribution in [0.3, 0.4) is 0 Å². The van der Waals surface area contributed by atoms with Gasteiger partial charge in [-0.25, -0.2) is 10.0 Å². The number of hydrogen-bond donors (Lipinski definition) is 3. The van der Waals surface area contributed by atoms with Gasteiger partial charge in [-0.05, 0) is 25.7 Å². The highest BCUT2D eigenvalue weighted by atomic mass is 16.5. The number of aromatic nitrogens is 2. The molecular weight excluding hydrogens is 308 g/mol. The van der Waals surface area contributed by atoms with Gasteiger partial charge in [-0.1, -0.05) is 32.6 Å². The zero-order valence-corrected chi connectivity index (χ0v) is 14.5. The molecule has 0 bridgehead atoms. The molecule has 24 heavy (non-hydrogen) atoms. The van der Waals surface area contributed by atoms with E-state index in [1.54, 1.807) is 0 Å². The van der Waals surface area contributed by atoms with Gasteiger partial charge >= 0.3 is 0 Å². The largest absolute Gasteiger partial charge is 0.349 e. The number of nitrogens with one attached hydrogen (secondary N) is 2. The fraction of sp³-hybridized carbons (Fsp3) is 0.706. The molecule has 0 saturated heterocycles. The van der Waals surface area contributed by atoms with Crippen LogP contribution >= 0.6 is 0 Å². The highest BCUT2D eigenvalue weighted by molar-refractivity contribution is 5.79. The first-order valence-corrected chi connectivity index (χ1v) is 8.76. The van der Waals surface area contributed by atoms with Crippen molar-refractivity contribution in [3.63, 3.8) is 0 Å². The second-order valence-corrected chi connectivity index (χ2v) is 6.64. The van der Waals surface area contributed by atoms with Gasteiger partial charge in [0, 0.05) is 5.69 Å². The molecule has 1 saturated carbocycles. The highest BCUT2D eigenvalue weighted by Gasteiger charge is 2.26. The molecule has 3 N–H and O–H groups in total. The Bertz CT molecular complexity index is 552. The third kappa shape index (κ3) is 5.06. The molecule has 0 spiro atoms. The van der Waals surface area contributed by atoms with Crippen LogP contribution in [0.4, 0.5) is 0 Å². The predicted octanol–water partition coefficient (Wildman–Crippen LogP) is 1.94. The summed E-state index contributed by atoms with van der Waals surface area (Å²) in [5.41, 5.74) is 2.02. The van der Waals surface area contributed by atoms with Gasteiger partial charge in [-0.3, -0.25) is 14.8 Å². The standard InChI is InChI=1S/C17H28N4O3/c1-3-15-12(2)19-16(20-15)9-18-17(23)14(10-21(24)11-22)8-13-6-4-5-7-13/h11,13-14,24H,3-10H2,1-2H3,(H,18,23)(H,19,20)/t14-/m1/s1. The lowest BCUT2D eigenvalue weighted by atomic mass is 9.92. The molecule has 1 aromatic rings. The van der Waals surface area contributed by atoms with Crippen LogP contribution in [-0.4, -0.2) is 39.1 Å². The van der Waals surface area contributed by atoms with Crippen LogP contribution < -0.4 is 5.32 Å². The average molecular weight is 336 g/mol. The monoisotopic (exact) mass is 336 g/mol. The number of aromatic amines is 1. The van der Waals surface area contributed by atoms with Crippen LogP contribution in [0.1, 0.15) is 56.2 Å². The molecule has 134 valence electrons. The highest BCUT2D eigenvalue weighted by Crippen LogP contribution is 2.30. The van der Waals surface area contributed by atoms with E-state index in [0.29, 0.717) is 30.4 Å². The molecule has 2 amide bonds. The Kier molecular flexibility index (Phi) is 6.78. The number of aryl methyl sites for hydroxylation is 2. The van der Waals surface area contributed by atoms with Gasteiger partial charge in [-0.15, -0.1) is 0 Å². The first-order valence-electron chi connectivity index (χ1n) is 8.76. The fourth-order valence-electron chi connectivity index (χ4n) is 3.49. The van der Waals surface area contributed by atoms with E-state index in [2.05, 4.69) is 15.3 Å². The van der Waals surface area contributed by atoms with E-state index in [1.807, 2.05) is 13.8 Å². The minimum absolute atomic E-state index is 0.0310. The maximum absolute atomic E-state index is 12.5. The van der Waals surface area contributed by atoms with Gasteiger partial charge in [0.15, 0.2) is 0 Å². The van der Waals surface area contributed by atoms with Crippen molar-refractivity contribution < 1.29 is 14.8 Å². The van der Waals surface area contributed by atoms with Crippen LogP contribution in [0.15, 0.2) is 0 Å². The number of amides is 2. The van der Waals surface area contributed by atoms with Crippen molar-refractivity contribution in [2.24, 2.45) is 11.8 Å². The molecule has 0 aliphatic heterocycles. The summed E-state index contributed by atoms with van der Waals surface area (Å²) in [7, 11) is 0. The molecule has 1 heterocycles. The molecule has 0 aromatic carbocycles. The number of H-pyrrole nitrogens is 1. The molecule has 7 nitrogen and oxygen atoms in total. The van der Waals surface area contributed by atoms with Crippen LogP contribution in [0.25, 0.3) is 0 Å². The van der Waals surface area contributed by atoms with Crippen molar-refractivity contribution in [1.29, 1.82) is 0 Å². The average Bonchev–Trinajstić information content (AvgIpc) is 3.21. The molecule has 1 aliphatic carbocycles. The van der Waals surface area contributed by atoms with Crippen LogP contribution in [0, 0.1) is 18.8 Å². The quantitative estimate of drug-likeness (QED) is 0.365. The number of carbonyl (C=O) groups is 2. The van der Waals surface area contributed by atoms with Crippen molar-refractivity contribution in [2.45, 2.75) is 58.9 Å². The number of carbonyl (C=O) groups excluding carboxylic acids is 2. The molecule has 1 atom stereocenters. The Morgan fingerprint density at radius 2 is 2.21 bits per heavy atom. The zero-order chi connectivity index (χ0) is 17.5. The third-order valence-corrected chi connectivity index (χ3v) is 4.79. The zero-order valence-electron chi connectivity index (χ0n) is 14.5. The first-order chi connectivity index (χ1) is 11.5. The van der Waals surface area contributed by atoms with Crippen molar-refractivity contribution in [2.75, 3.05) is 6.54 Å². The number of imidazole rings is 1. The topological polar surface area (TPSA) is 98.3 Å². The Morgan fingerprint density at radius 1 is 1.50 bits per heavy atom. The Hall–Kier alpha value is -1.89. The summed E-state index contributed by atoms with van der Waals surface area (Å²) in [6, 6.07) is 0. The lowest BCUT2D eigenvalue weighted by molar-refractivity contribution is -0.155. The summed E-state index contributed by atoms with van der Waals surface area (Å²) in [5.74, 6) is 0.687. The molecule has 2 rings (SSSR count). The fourth-order valence-corrected chi connectivity index (χ4v) is 3.49.